The topological polar surface area (TPSA) is 80.4 Å². The predicted molar refractivity (Wildman–Crippen MR) is 79.6 cm³/mol. The summed E-state index contributed by atoms with van der Waals surface area (Å²) in [4.78, 5) is 0. The molecule has 0 aliphatic heterocycles. The van der Waals surface area contributed by atoms with Crippen LogP contribution in [0.1, 0.15) is 17.1 Å². The Morgan fingerprint density at radius 1 is 1.33 bits per heavy atom. The predicted octanol–water partition coefficient (Wildman–Crippen LogP) is 1.49. The Morgan fingerprint density at radius 3 is 2.52 bits per heavy atom. The van der Waals surface area contributed by atoms with Crippen LogP contribution in [0, 0.1) is 13.8 Å². The lowest BCUT2D eigenvalue weighted by atomic mass is 10.3. The summed E-state index contributed by atoms with van der Waals surface area (Å²) in [6.07, 6.45) is 0. The first-order valence-corrected chi connectivity index (χ1v) is 7.92. The lowest BCUT2D eigenvalue weighted by Crippen LogP contribution is -2.21. The molecule has 2 rings (SSSR count). The van der Waals surface area contributed by atoms with Gasteiger partial charge in [-0.05, 0) is 26.0 Å². The van der Waals surface area contributed by atoms with Crippen molar-refractivity contribution in [3.63, 3.8) is 0 Å². The normalized spacial score (nSPS) is 12.1. The van der Waals surface area contributed by atoms with Crippen molar-refractivity contribution in [2.75, 3.05) is 19.4 Å². The van der Waals surface area contributed by atoms with Gasteiger partial charge in [-0.15, -0.1) is 0 Å². The summed E-state index contributed by atoms with van der Waals surface area (Å²) >= 11 is 0. The van der Waals surface area contributed by atoms with E-state index in [4.69, 9.17) is 4.42 Å². The summed E-state index contributed by atoms with van der Waals surface area (Å²) in [5.41, 5.74) is 2.84. The molecule has 0 radical (unpaired) electrons. The Kier molecular flexibility index (Phi) is 4.11. The molecule has 0 unspecified atom stereocenters. The number of hydrogen-bond donors (Lipinski definition) is 1. The Morgan fingerprint density at radius 2 is 2.00 bits per heavy atom. The monoisotopic (exact) mass is 312 g/mol. The van der Waals surface area contributed by atoms with Crippen LogP contribution in [0.5, 0.6) is 0 Å². The molecule has 2 aromatic heterocycles. The van der Waals surface area contributed by atoms with E-state index in [0.29, 0.717) is 12.3 Å². The lowest BCUT2D eigenvalue weighted by Gasteiger charge is -2.08. The molecule has 7 nitrogen and oxygen atoms in total. The number of aryl methyl sites for hydroxylation is 2. The molecular weight excluding hydrogens is 292 g/mol. The molecule has 0 aliphatic carbocycles. The van der Waals surface area contributed by atoms with Crippen LogP contribution in [0.3, 0.4) is 0 Å². The molecule has 116 valence electrons. The average Bonchev–Trinajstić information content (AvgIpc) is 2.95. The van der Waals surface area contributed by atoms with E-state index >= 15 is 0 Å². The fourth-order valence-electron chi connectivity index (χ4n) is 1.98. The number of sulfonamides is 1. The molecular formula is C13H20N4O3S. The second-order valence-electron chi connectivity index (χ2n) is 5.03. The van der Waals surface area contributed by atoms with Crippen LogP contribution in [-0.2, 0) is 23.6 Å². The summed E-state index contributed by atoms with van der Waals surface area (Å²) in [5.74, 6) is 0.554. The van der Waals surface area contributed by atoms with Crippen molar-refractivity contribution in [3.05, 3.63) is 29.3 Å². The third-order valence-electron chi connectivity index (χ3n) is 3.32. The zero-order valence-corrected chi connectivity index (χ0v) is 13.7. The van der Waals surface area contributed by atoms with Crippen LogP contribution in [0.4, 0.5) is 5.69 Å². The molecule has 8 heteroatoms. The van der Waals surface area contributed by atoms with Crippen molar-refractivity contribution < 1.29 is 12.8 Å². The van der Waals surface area contributed by atoms with Crippen molar-refractivity contribution in [2.45, 2.75) is 25.5 Å². The highest BCUT2D eigenvalue weighted by molar-refractivity contribution is 7.88. The van der Waals surface area contributed by atoms with Gasteiger partial charge in [-0.2, -0.15) is 5.10 Å². The molecule has 2 aromatic rings. The molecule has 0 aromatic carbocycles. The van der Waals surface area contributed by atoms with Gasteiger partial charge in [-0.25, -0.2) is 12.7 Å². The maximum Gasteiger partial charge on any atom is 0.275 e. The number of aromatic nitrogens is 2. The average molecular weight is 312 g/mol. The van der Waals surface area contributed by atoms with E-state index in [9.17, 15) is 8.42 Å². The highest BCUT2D eigenvalue weighted by Crippen LogP contribution is 2.21. The smallest absolute Gasteiger partial charge is 0.275 e. The first-order chi connectivity index (χ1) is 9.73. The fourth-order valence-corrected chi connectivity index (χ4v) is 2.79. The standard InChI is InChI=1S/C13H20N4O3S/c1-9-13(10(2)17(5)15-9)14-8-11-6-7-12(20-11)21(18,19)16(3)4/h6-7,14H,8H2,1-5H3. The Bertz CT molecular complexity index is 744. The summed E-state index contributed by atoms with van der Waals surface area (Å²) in [5, 5.41) is 7.49. The van der Waals surface area contributed by atoms with E-state index < -0.39 is 10.0 Å². The number of nitrogens with one attached hydrogen (secondary N) is 1. The van der Waals surface area contributed by atoms with Gasteiger partial charge >= 0.3 is 0 Å². The van der Waals surface area contributed by atoms with Crippen molar-refractivity contribution >= 4 is 15.7 Å². The fraction of sp³-hybridized carbons (Fsp3) is 0.462. The summed E-state index contributed by atoms with van der Waals surface area (Å²) in [7, 11) is 1.29. The Labute approximate surface area is 124 Å². The molecule has 0 saturated heterocycles. The number of hydrogen-bond acceptors (Lipinski definition) is 5. The number of anilines is 1. The summed E-state index contributed by atoms with van der Waals surface area (Å²) < 4.78 is 32.2. The summed E-state index contributed by atoms with van der Waals surface area (Å²) in [6.45, 7) is 4.28. The highest BCUT2D eigenvalue weighted by atomic mass is 32.2. The third kappa shape index (κ3) is 2.96. The van der Waals surface area contributed by atoms with Crippen LogP contribution in [0.2, 0.25) is 0 Å². The quantitative estimate of drug-likeness (QED) is 0.905. The third-order valence-corrected chi connectivity index (χ3v) is 5.01. The largest absolute Gasteiger partial charge is 0.446 e. The number of rotatable bonds is 5. The first kappa shape index (κ1) is 15.6. The van der Waals surface area contributed by atoms with Gasteiger partial charge in [0.25, 0.3) is 10.0 Å². The van der Waals surface area contributed by atoms with E-state index in [2.05, 4.69) is 10.4 Å². The molecule has 0 aliphatic rings. The maximum absolute atomic E-state index is 11.9. The molecule has 0 saturated carbocycles. The molecule has 2 heterocycles. The van der Waals surface area contributed by atoms with Crippen molar-refractivity contribution in [2.24, 2.45) is 7.05 Å². The second kappa shape index (κ2) is 5.53. The molecule has 0 atom stereocenters. The Balaban J connectivity index is 2.14. The maximum atomic E-state index is 11.9. The van der Waals surface area contributed by atoms with E-state index in [1.165, 1.54) is 20.2 Å². The zero-order valence-electron chi connectivity index (χ0n) is 12.8. The molecule has 21 heavy (non-hydrogen) atoms. The van der Waals surface area contributed by atoms with Gasteiger partial charge in [0.2, 0.25) is 5.09 Å². The van der Waals surface area contributed by atoms with Crippen LogP contribution in [-0.4, -0.2) is 36.6 Å². The Hall–Kier alpha value is -1.80. The molecule has 0 spiro atoms. The second-order valence-corrected chi connectivity index (χ2v) is 7.11. The van der Waals surface area contributed by atoms with E-state index in [1.807, 2.05) is 20.9 Å². The number of nitrogens with zero attached hydrogens (tertiary/aromatic N) is 3. The van der Waals surface area contributed by atoms with E-state index in [-0.39, 0.29) is 5.09 Å². The van der Waals surface area contributed by atoms with Crippen molar-refractivity contribution in [1.82, 2.24) is 14.1 Å². The van der Waals surface area contributed by atoms with Gasteiger partial charge in [0, 0.05) is 21.1 Å². The summed E-state index contributed by atoms with van der Waals surface area (Å²) in [6, 6.07) is 3.12. The van der Waals surface area contributed by atoms with Gasteiger partial charge in [-0.3, -0.25) is 4.68 Å². The van der Waals surface area contributed by atoms with E-state index in [1.54, 1.807) is 10.7 Å². The SMILES string of the molecule is Cc1nn(C)c(C)c1NCc1ccc(S(=O)(=O)N(C)C)o1. The molecule has 0 bridgehead atoms. The van der Waals surface area contributed by atoms with E-state index in [0.717, 1.165) is 21.4 Å². The first-order valence-electron chi connectivity index (χ1n) is 6.48. The van der Waals surface area contributed by atoms with Gasteiger partial charge < -0.3 is 9.73 Å². The van der Waals surface area contributed by atoms with Crippen LogP contribution in [0.15, 0.2) is 21.6 Å². The molecule has 0 amide bonds. The van der Waals surface area contributed by atoms with Gasteiger partial charge in [0.1, 0.15) is 5.76 Å². The highest BCUT2D eigenvalue weighted by Gasteiger charge is 2.21. The molecule has 0 fully saturated rings. The zero-order chi connectivity index (χ0) is 15.8. The lowest BCUT2D eigenvalue weighted by molar-refractivity contribution is 0.402. The minimum Gasteiger partial charge on any atom is -0.446 e. The van der Waals surface area contributed by atoms with Crippen molar-refractivity contribution in [1.29, 1.82) is 0 Å². The van der Waals surface area contributed by atoms with Crippen molar-refractivity contribution in [3.8, 4) is 0 Å². The van der Waals surface area contributed by atoms with Crippen LogP contribution >= 0.6 is 0 Å². The minimum absolute atomic E-state index is 0.0519. The number of furan rings is 1. The van der Waals surface area contributed by atoms with Gasteiger partial charge in [0.15, 0.2) is 0 Å². The minimum atomic E-state index is -3.53. The molecule has 1 N–H and O–H groups in total. The van der Waals surface area contributed by atoms with Crippen LogP contribution in [0.25, 0.3) is 0 Å². The van der Waals surface area contributed by atoms with Gasteiger partial charge in [0.05, 0.1) is 23.6 Å². The van der Waals surface area contributed by atoms with Crippen LogP contribution < -0.4 is 5.32 Å². The van der Waals surface area contributed by atoms with Gasteiger partial charge in [-0.1, -0.05) is 0 Å².